The quantitative estimate of drug-likeness (QED) is 0.863. The number of nitrogens with zero attached hydrogens (tertiary/aromatic N) is 1. The van der Waals surface area contributed by atoms with Gasteiger partial charge in [0.15, 0.2) is 0 Å². The molecule has 0 saturated carbocycles. The summed E-state index contributed by atoms with van der Waals surface area (Å²) < 4.78 is 0. The molecule has 0 spiro atoms. The Bertz CT molecular complexity index is 351. The summed E-state index contributed by atoms with van der Waals surface area (Å²) in [5.74, 6) is 0.865. The summed E-state index contributed by atoms with van der Waals surface area (Å²) >= 11 is 0. The molecule has 2 N–H and O–H groups in total. The maximum absolute atomic E-state index is 5.61. The van der Waals surface area contributed by atoms with E-state index in [9.17, 15) is 0 Å². The highest BCUT2D eigenvalue weighted by molar-refractivity contribution is 5.48. The van der Waals surface area contributed by atoms with Crippen molar-refractivity contribution in [3.63, 3.8) is 0 Å². The molecule has 0 atom stereocenters. The van der Waals surface area contributed by atoms with Crippen LogP contribution < -0.4 is 5.73 Å². The Morgan fingerprint density at radius 1 is 1.17 bits per heavy atom. The molecule has 1 saturated heterocycles. The Kier molecular flexibility index (Phi) is 5.43. The summed E-state index contributed by atoms with van der Waals surface area (Å²) in [6, 6.07) is 10.5. The van der Waals surface area contributed by atoms with Crippen LogP contribution in [0.1, 0.15) is 24.8 Å². The lowest BCUT2D eigenvalue weighted by molar-refractivity contribution is 0.196. The number of likely N-dealkylation sites (tertiary alicyclic amines) is 1. The zero-order chi connectivity index (χ0) is 12.6. The van der Waals surface area contributed by atoms with Crippen molar-refractivity contribution in [1.82, 2.24) is 4.90 Å². The number of nitrogens with two attached hydrogens (primary N) is 1. The van der Waals surface area contributed by atoms with Crippen LogP contribution in [0.2, 0.25) is 0 Å². The van der Waals surface area contributed by atoms with E-state index >= 15 is 0 Å². The van der Waals surface area contributed by atoms with Gasteiger partial charge in [0.2, 0.25) is 0 Å². The number of rotatable bonds is 5. The third kappa shape index (κ3) is 4.28. The first-order valence-electron chi connectivity index (χ1n) is 7.02. The smallest absolute Gasteiger partial charge is 0.0166 e. The van der Waals surface area contributed by atoms with E-state index in [-0.39, 0.29) is 0 Å². The van der Waals surface area contributed by atoms with Crippen molar-refractivity contribution in [1.29, 1.82) is 0 Å². The van der Waals surface area contributed by atoms with Crippen molar-refractivity contribution < 1.29 is 0 Å². The molecule has 2 nitrogen and oxygen atoms in total. The van der Waals surface area contributed by atoms with Crippen molar-refractivity contribution in [3.05, 3.63) is 42.0 Å². The van der Waals surface area contributed by atoms with Crippen molar-refractivity contribution in [2.45, 2.75) is 19.3 Å². The highest BCUT2D eigenvalue weighted by Gasteiger charge is 2.17. The lowest BCUT2D eigenvalue weighted by Crippen LogP contribution is -2.34. The summed E-state index contributed by atoms with van der Waals surface area (Å²) in [5, 5.41) is 0. The number of hydrogen-bond acceptors (Lipinski definition) is 2. The Morgan fingerprint density at radius 3 is 2.56 bits per heavy atom. The fourth-order valence-electron chi connectivity index (χ4n) is 2.60. The fourth-order valence-corrected chi connectivity index (χ4v) is 2.60. The van der Waals surface area contributed by atoms with Crippen molar-refractivity contribution in [2.75, 3.05) is 26.2 Å². The Balaban J connectivity index is 1.71. The second-order valence-electron chi connectivity index (χ2n) is 5.13. The minimum Gasteiger partial charge on any atom is -0.330 e. The monoisotopic (exact) mass is 244 g/mol. The first-order chi connectivity index (χ1) is 8.88. The van der Waals surface area contributed by atoms with E-state index in [1.165, 1.54) is 37.9 Å². The minimum atomic E-state index is 0.846. The lowest BCUT2D eigenvalue weighted by Gasteiger charge is -2.30. The van der Waals surface area contributed by atoms with Gasteiger partial charge in [0.05, 0.1) is 0 Å². The molecule has 0 aliphatic carbocycles. The molecule has 2 rings (SSSR count). The molecule has 1 aromatic carbocycles. The minimum absolute atomic E-state index is 0.846. The first kappa shape index (κ1) is 13.3. The summed E-state index contributed by atoms with van der Waals surface area (Å²) in [6.07, 6.45) is 8.32. The van der Waals surface area contributed by atoms with Gasteiger partial charge in [0.25, 0.3) is 0 Å². The second-order valence-corrected chi connectivity index (χ2v) is 5.13. The van der Waals surface area contributed by atoms with Crippen LogP contribution in [0.25, 0.3) is 6.08 Å². The van der Waals surface area contributed by atoms with Gasteiger partial charge in [0, 0.05) is 6.54 Å². The van der Waals surface area contributed by atoms with Gasteiger partial charge >= 0.3 is 0 Å². The third-order valence-corrected chi connectivity index (χ3v) is 3.76. The summed E-state index contributed by atoms with van der Waals surface area (Å²) in [5.41, 5.74) is 6.90. The Morgan fingerprint density at radius 2 is 1.89 bits per heavy atom. The number of hydrogen-bond donors (Lipinski definition) is 1. The SMILES string of the molecule is NCCC1CCN(CC=Cc2ccccc2)CC1. The molecule has 1 aliphatic heterocycles. The van der Waals surface area contributed by atoms with Gasteiger partial charge in [-0.2, -0.15) is 0 Å². The van der Waals surface area contributed by atoms with Crippen LogP contribution >= 0.6 is 0 Å². The molecule has 1 aliphatic rings. The van der Waals surface area contributed by atoms with Crippen LogP contribution in [-0.2, 0) is 0 Å². The molecule has 1 heterocycles. The van der Waals surface area contributed by atoms with Crippen LogP contribution in [0.5, 0.6) is 0 Å². The molecular weight excluding hydrogens is 220 g/mol. The lowest BCUT2D eigenvalue weighted by atomic mass is 9.94. The molecule has 0 amide bonds. The van der Waals surface area contributed by atoms with Crippen LogP contribution in [0.4, 0.5) is 0 Å². The van der Waals surface area contributed by atoms with Gasteiger partial charge in [-0.25, -0.2) is 0 Å². The number of benzene rings is 1. The highest BCUT2D eigenvalue weighted by Crippen LogP contribution is 2.19. The molecular formula is C16H24N2. The highest BCUT2D eigenvalue weighted by atomic mass is 15.1. The van der Waals surface area contributed by atoms with Gasteiger partial charge in [0.1, 0.15) is 0 Å². The molecule has 0 aromatic heterocycles. The predicted molar refractivity (Wildman–Crippen MR) is 78.3 cm³/mol. The molecule has 1 aromatic rings. The fraction of sp³-hybridized carbons (Fsp3) is 0.500. The Hall–Kier alpha value is -1.12. The van der Waals surface area contributed by atoms with Gasteiger partial charge < -0.3 is 5.73 Å². The molecule has 2 heteroatoms. The average Bonchev–Trinajstić information content (AvgIpc) is 2.42. The second kappa shape index (κ2) is 7.34. The molecule has 1 fully saturated rings. The number of piperidine rings is 1. The normalized spacial score (nSPS) is 18.5. The van der Waals surface area contributed by atoms with Crippen LogP contribution in [0.15, 0.2) is 36.4 Å². The molecule has 0 radical (unpaired) electrons. The maximum atomic E-state index is 5.61. The topological polar surface area (TPSA) is 29.3 Å². The van der Waals surface area contributed by atoms with E-state index in [1.807, 2.05) is 0 Å². The first-order valence-corrected chi connectivity index (χ1v) is 7.02. The summed E-state index contributed by atoms with van der Waals surface area (Å²) in [4.78, 5) is 2.53. The molecule has 18 heavy (non-hydrogen) atoms. The van der Waals surface area contributed by atoms with Gasteiger partial charge in [-0.3, -0.25) is 4.90 Å². The van der Waals surface area contributed by atoms with E-state index in [0.29, 0.717) is 0 Å². The standard InChI is InChI=1S/C16H24N2/c17-11-8-16-9-13-18(14-10-16)12-4-7-15-5-2-1-3-6-15/h1-7,16H,8-14,17H2. The van der Waals surface area contributed by atoms with Gasteiger partial charge in [-0.15, -0.1) is 0 Å². The zero-order valence-electron chi connectivity index (χ0n) is 11.1. The summed E-state index contributed by atoms with van der Waals surface area (Å²) in [6.45, 7) is 4.37. The summed E-state index contributed by atoms with van der Waals surface area (Å²) in [7, 11) is 0. The average molecular weight is 244 g/mol. The third-order valence-electron chi connectivity index (χ3n) is 3.76. The van der Waals surface area contributed by atoms with Crippen molar-refractivity contribution in [3.8, 4) is 0 Å². The van der Waals surface area contributed by atoms with E-state index < -0.39 is 0 Å². The predicted octanol–water partition coefficient (Wildman–Crippen LogP) is 2.76. The van der Waals surface area contributed by atoms with Crippen molar-refractivity contribution in [2.24, 2.45) is 11.7 Å². The maximum Gasteiger partial charge on any atom is 0.0166 e. The van der Waals surface area contributed by atoms with Gasteiger partial charge in [-0.05, 0) is 50.4 Å². The van der Waals surface area contributed by atoms with Crippen LogP contribution in [0.3, 0.4) is 0 Å². The van der Waals surface area contributed by atoms with Crippen LogP contribution in [-0.4, -0.2) is 31.1 Å². The largest absolute Gasteiger partial charge is 0.330 e. The zero-order valence-corrected chi connectivity index (χ0v) is 11.1. The Labute approximate surface area is 110 Å². The molecule has 98 valence electrons. The van der Waals surface area contributed by atoms with Crippen LogP contribution in [0, 0.1) is 5.92 Å². The van der Waals surface area contributed by atoms with Gasteiger partial charge in [-0.1, -0.05) is 42.5 Å². The molecule has 0 unspecified atom stereocenters. The molecule has 0 bridgehead atoms. The van der Waals surface area contributed by atoms with E-state index in [0.717, 1.165) is 19.0 Å². The van der Waals surface area contributed by atoms with Crippen molar-refractivity contribution >= 4 is 6.08 Å². The van der Waals surface area contributed by atoms with E-state index in [4.69, 9.17) is 5.73 Å². The van der Waals surface area contributed by atoms with E-state index in [1.54, 1.807) is 0 Å². The van der Waals surface area contributed by atoms with E-state index in [2.05, 4.69) is 47.4 Å².